The fourth-order valence-corrected chi connectivity index (χ4v) is 1.30. The van der Waals surface area contributed by atoms with Gasteiger partial charge in [0.2, 0.25) is 5.82 Å². The summed E-state index contributed by atoms with van der Waals surface area (Å²) in [5.41, 5.74) is 0.394. The second kappa shape index (κ2) is 5.59. The number of rotatable bonds is 4. The average molecular weight is 286 g/mol. The van der Waals surface area contributed by atoms with Gasteiger partial charge in [0.05, 0.1) is 0 Å². The van der Waals surface area contributed by atoms with Crippen LogP contribution in [-0.2, 0) is 0 Å². The molecule has 1 heterocycles. The number of anilines is 1. The average Bonchev–Trinajstić information content (AvgIpc) is 2.91. The highest BCUT2D eigenvalue weighted by Crippen LogP contribution is 2.20. The van der Waals surface area contributed by atoms with Crippen molar-refractivity contribution in [2.75, 3.05) is 11.9 Å². The van der Waals surface area contributed by atoms with Crippen LogP contribution in [0.2, 0.25) is 0 Å². The first kappa shape index (κ1) is 13.8. The summed E-state index contributed by atoms with van der Waals surface area (Å²) in [6.45, 7) is -1.36. The van der Waals surface area contributed by atoms with Crippen molar-refractivity contribution in [2.24, 2.45) is 0 Å². The quantitative estimate of drug-likeness (QED) is 0.900. The van der Waals surface area contributed by atoms with E-state index >= 15 is 0 Å². The molecule has 0 aliphatic carbocycles. The number of hydrogen-bond donors (Lipinski definition) is 2. The van der Waals surface area contributed by atoms with Gasteiger partial charge in [0.1, 0.15) is 12.1 Å². The molecule has 1 amide bonds. The summed E-state index contributed by atoms with van der Waals surface area (Å²) in [5.74, 6) is -0.422. The van der Waals surface area contributed by atoms with Crippen LogP contribution in [0.25, 0.3) is 0 Å². The Kier molecular flexibility index (Phi) is 3.87. The fraction of sp³-hybridized carbons (Fsp3) is 0.182. The maximum Gasteiger partial charge on any atom is 0.422 e. The van der Waals surface area contributed by atoms with Gasteiger partial charge in [0, 0.05) is 5.69 Å². The molecule has 1 aromatic carbocycles. The number of alkyl halides is 3. The van der Waals surface area contributed by atoms with Crippen LogP contribution >= 0.6 is 0 Å². The normalized spacial score (nSPS) is 11.2. The van der Waals surface area contributed by atoms with Gasteiger partial charge in [0.25, 0.3) is 5.91 Å². The summed E-state index contributed by atoms with van der Waals surface area (Å²) < 4.78 is 40.4. The molecule has 2 rings (SSSR count). The Morgan fingerprint density at radius 3 is 2.55 bits per heavy atom. The van der Waals surface area contributed by atoms with E-state index in [1.165, 1.54) is 30.6 Å². The zero-order valence-electron chi connectivity index (χ0n) is 9.94. The van der Waals surface area contributed by atoms with Crippen molar-refractivity contribution in [3.05, 3.63) is 36.4 Å². The maximum atomic E-state index is 12.0. The van der Waals surface area contributed by atoms with Crippen molar-refractivity contribution in [1.82, 2.24) is 15.2 Å². The molecule has 106 valence electrons. The Balaban J connectivity index is 1.93. The van der Waals surface area contributed by atoms with E-state index in [0.29, 0.717) is 5.69 Å². The Labute approximate surface area is 111 Å². The second-order valence-corrected chi connectivity index (χ2v) is 3.72. The molecule has 6 nitrogen and oxygen atoms in total. The van der Waals surface area contributed by atoms with Crippen LogP contribution in [0.15, 0.2) is 30.6 Å². The number of aromatic amines is 1. The highest BCUT2D eigenvalue weighted by molar-refractivity contribution is 6.01. The number of benzene rings is 1. The number of nitrogens with one attached hydrogen (secondary N) is 2. The van der Waals surface area contributed by atoms with E-state index in [-0.39, 0.29) is 11.6 Å². The summed E-state index contributed by atoms with van der Waals surface area (Å²) >= 11 is 0. The Bertz CT molecular complexity index is 566. The molecule has 2 aromatic rings. The molecule has 0 spiro atoms. The number of aromatic nitrogens is 3. The minimum Gasteiger partial charge on any atom is -0.484 e. The largest absolute Gasteiger partial charge is 0.484 e. The maximum absolute atomic E-state index is 12.0. The lowest BCUT2D eigenvalue weighted by molar-refractivity contribution is -0.153. The van der Waals surface area contributed by atoms with Crippen LogP contribution in [0.4, 0.5) is 18.9 Å². The molecule has 0 saturated carbocycles. The van der Waals surface area contributed by atoms with Gasteiger partial charge in [-0.25, -0.2) is 4.98 Å². The van der Waals surface area contributed by atoms with E-state index in [4.69, 9.17) is 0 Å². The van der Waals surface area contributed by atoms with E-state index < -0.39 is 18.7 Å². The number of halogens is 3. The van der Waals surface area contributed by atoms with E-state index in [0.717, 1.165) is 0 Å². The standard InChI is InChI=1S/C11H9F3N4O2/c12-11(13,14)5-20-8-3-1-7(2-4-8)17-10(19)9-15-6-16-18-9/h1-4,6H,5H2,(H,17,19)(H,15,16,18). The van der Waals surface area contributed by atoms with Crippen molar-refractivity contribution in [3.8, 4) is 5.75 Å². The van der Waals surface area contributed by atoms with Crippen molar-refractivity contribution < 1.29 is 22.7 Å². The molecular formula is C11H9F3N4O2. The van der Waals surface area contributed by atoms with Gasteiger partial charge in [-0.1, -0.05) is 0 Å². The summed E-state index contributed by atoms with van der Waals surface area (Å²) in [4.78, 5) is 15.3. The van der Waals surface area contributed by atoms with Gasteiger partial charge >= 0.3 is 6.18 Å². The third-order valence-corrected chi connectivity index (χ3v) is 2.14. The van der Waals surface area contributed by atoms with E-state index in [1.54, 1.807) is 0 Å². The molecule has 1 aromatic heterocycles. The Morgan fingerprint density at radius 1 is 1.30 bits per heavy atom. The Hall–Kier alpha value is -2.58. The number of amides is 1. The summed E-state index contributed by atoms with van der Waals surface area (Å²) in [7, 11) is 0. The van der Waals surface area contributed by atoms with Gasteiger partial charge in [0.15, 0.2) is 6.61 Å². The van der Waals surface area contributed by atoms with Crippen molar-refractivity contribution in [2.45, 2.75) is 6.18 Å². The number of carbonyl (C=O) groups excluding carboxylic acids is 1. The molecule has 0 fully saturated rings. The molecule has 2 N–H and O–H groups in total. The van der Waals surface area contributed by atoms with Gasteiger partial charge < -0.3 is 10.1 Å². The first-order chi connectivity index (χ1) is 9.44. The lowest BCUT2D eigenvalue weighted by Gasteiger charge is -2.09. The minimum atomic E-state index is -4.39. The van der Waals surface area contributed by atoms with E-state index in [1.807, 2.05) is 0 Å². The van der Waals surface area contributed by atoms with Crippen LogP contribution in [0.5, 0.6) is 5.75 Å². The molecule has 9 heteroatoms. The predicted molar refractivity (Wildman–Crippen MR) is 62.3 cm³/mol. The highest BCUT2D eigenvalue weighted by atomic mass is 19.4. The van der Waals surface area contributed by atoms with Gasteiger partial charge in [-0.05, 0) is 24.3 Å². The molecule has 0 aliphatic rings. The predicted octanol–water partition coefficient (Wildman–Crippen LogP) is 2.00. The number of H-pyrrole nitrogens is 1. The number of carbonyl (C=O) groups is 1. The van der Waals surface area contributed by atoms with Crippen LogP contribution < -0.4 is 10.1 Å². The van der Waals surface area contributed by atoms with Gasteiger partial charge in [-0.3, -0.25) is 9.89 Å². The molecule has 0 unspecified atom stereocenters. The first-order valence-corrected chi connectivity index (χ1v) is 5.40. The highest BCUT2D eigenvalue weighted by Gasteiger charge is 2.28. The third kappa shape index (κ3) is 3.97. The number of ether oxygens (including phenoxy) is 1. The van der Waals surface area contributed by atoms with Crippen molar-refractivity contribution >= 4 is 11.6 Å². The van der Waals surface area contributed by atoms with E-state index in [2.05, 4.69) is 25.2 Å². The monoisotopic (exact) mass is 286 g/mol. The zero-order chi connectivity index (χ0) is 14.6. The molecule has 0 bridgehead atoms. The first-order valence-electron chi connectivity index (χ1n) is 5.40. The topological polar surface area (TPSA) is 79.9 Å². The smallest absolute Gasteiger partial charge is 0.422 e. The molecule has 0 saturated heterocycles. The van der Waals surface area contributed by atoms with Crippen LogP contribution in [-0.4, -0.2) is 33.9 Å². The van der Waals surface area contributed by atoms with Crippen LogP contribution in [0, 0.1) is 0 Å². The van der Waals surface area contributed by atoms with Crippen LogP contribution in [0.1, 0.15) is 10.6 Å². The minimum absolute atomic E-state index is 0.0300. The summed E-state index contributed by atoms with van der Waals surface area (Å²) in [6.07, 6.45) is -3.21. The molecular weight excluding hydrogens is 277 g/mol. The third-order valence-electron chi connectivity index (χ3n) is 2.14. The lowest BCUT2D eigenvalue weighted by atomic mass is 10.3. The number of nitrogens with zero attached hydrogens (tertiary/aromatic N) is 2. The molecule has 0 radical (unpaired) electrons. The molecule has 20 heavy (non-hydrogen) atoms. The SMILES string of the molecule is O=C(Nc1ccc(OCC(F)(F)F)cc1)c1ncn[nH]1. The van der Waals surface area contributed by atoms with Gasteiger partial charge in [-0.15, -0.1) is 0 Å². The summed E-state index contributed by atoms with van der Waals surface area (Å²) in [5, 5.41) is 8.40. The Morgan fingerprint density at radius 2 is 2.00 bits per heavy atom. The van der Waals surface area contributed by atoms with Crippen LogP contribution in [0.3, 0.4) is 0 Å². The molecule has 0 aliphatic heterocycles. The van der Waals surface area contributed by atoms with E-state index in [9.17, 15) is 18.0 Å². The van der Waals surface area contributed by atoms with Gasteiger partial charge in [-0.2, -0.15) is 18.3 Å². The van der Waals surface area contributed by atoms with Crippen molar-refractivity contribution in [1.29, 1.82) is 0 Å². The molecule has 0 atom stereocenters. The zero-order valence-corrected chi connectivity index (χ0v) is 9.94. The summed E-state index contributed by atoms with van der Waals surface area (Å²) in [6, 6.07) is 5.48. The fourth-order valence-electron chi connectivity index (χ4n) is 1.30. The lowest BCUT2D eigenvalue weighted by Crippen LogP contribution is -2.19. The number of hydrogen-bond acceptors (Lipinski definition) is 4. The van der Waals surface area contributed by atoms with Crippen molar-refractivity contribution in [3.63, 3.8) is 0 Å². The second-order valence-electron chi connectivity index (χ2n) is 3.72.